The molecule has 0 unspecified atom stereocenters. The number of benzene rings is 1. The number of halogens is 1. The number of nitriles is 1. The lowest BCUT2D eigenvalue weighted by Gasteiger charge is -2.13. The molecule has 20 heavy (non-hydrogen) atoms. The Labute approximate surface area is 123 Å². The number of hydrogen-bond acceptors (Lipinski definition) is 4. The summed E-state index contributed by atoms with van der Waals surface area (Å²) in [7, 11) is 0. The van der Waals surface area contributed by atoms with Crippen LogP contribution in [0.4, 0.5) is 0 Å². The Bertz CT molecular complexity index is 697. The Hall–Kier alpha value is -2.12. The lowest BCUT2D eigenvalue weighted by atomic mass is 10.1. The molecule has 2 rings (SSSR count). The third-order valence-corrected chi connectivity index (χ3v) is 3.57. The highest BCUT2D eigenvalue weighted by atomic mass is 35.5. The van der Waals surface area contributed by atoms with E-state index in [0.717, 1.165) is 22.3 Å². The fraction of sp³-hybridized carbons (Fsp3) is 0.267. The summed E-state index contributed by atoms with van der Waals surface area (Å²) in [6.45, 7) is 7.56. The van der Waals surface area contributed by atoms with E-state index in [2.05, 4.69) is 16.3 Å². The molecule has 0 aliphatic heterocycles. The van der Waals surface area contributed by atoms with Crippen LogP contribution in [-0.2, 0) is 0 Å². The molecule has 1 aromatic carbocycles. The van der Waals surface area contributed by atoms with Gasteiger partial charge in [-0.3, -0.25) is 0 Å². The van der Waals surface area contributed by atoms with Gasteiger partial charge in [0.25, 0.3) is 0 Å². The Morgan fingerprint density at radius 3 is 2.20 bits per heavy atom. The third-order valence-electron chi connectivity index (χ3n) is 3.21. The lowest BCUT2D eigenvalue weighted by molar-refractivity contribution is 0.444. The zero-order chi connectivity index (χ0) is 14.9. The highest BCUT2D eigenvalue weighted by Crippen LogP contribution is 2.31. The zero-order valence-corrected chi connectivity index (χ0v) is 12.5. The summed E-state index contributed by atoms with van der Waals surface area (Å²) in [5.41, 5.74) is 4.09. The first kappa shape index (κ1) is 14.3. The van der Waals surface area contributed by atoms with Gasteiger partial charge < -0.3 is 4.74 Å². The minimum Gasteiger partial charge on any atom is -0.437 e. The van der Waals surface area contributed by atoms with Crippen LogP contribution in [0.2, 0.25) is 5.15 Å². The van der Waals surface area contributed by atoms with Crippen LogP contribution in [0.5, 0.6) is 11.6 Å². The molecular weight excluding hydrogens is 274 g/mol. The zero-order valence-electron chi connectivity index (χ0n) is 11.8. The fourth-order valence-electron chi connectivity index (χ4n) is 1.92. The van der Waals surface area contributed by atoms with Crippen LogP contribution in [0.3, 0.4) is 0 Å². The summed E-state index contributed by atoms with van der Waals surface area (Å²) in [5.74, 6) is 1.13. The van der Waals surface area contributed by atoms with Crippen LogP contribution in [0.1, 0.15) is 27.8 Å². The molecule has 0 bridgehead atoms. The monoisotopic (exact) mass is 287 g/mol. The second-order valence-electron chi connectivity index (χ2n) is 4.70. The molecule has 0 fully saturated rings. The van der Waals surface area contributed by atoms with Gasteiger partial charge >= 0.3 is 0 Å². The highest BCUT2D eigenvalue weighted by Gasteiger charge is 2.13. The molecule has 1 heterocycles. The molecule has 0 amide bonds. The largest absolute Gasteiger partial charge is 0.437 e. The number of aromatic nitrogens is 2. The van der Waals surface area contributed by atoms with E-state index in [-0.39, 0.29) is 0 Å². The first-order chi connectivity index (χ1) is 9.43. The van der Waals surface area contributed by atoms with E-state index in [1.165, 1.54) is 0 Å². The fourth-order valence-corrected chi connectivity index (χ4v) is 2.10. The Kier molecular flexibility index (Phi) is 3.91. The van der Waals surface area contributed by atoms with Gasteiger partial charge in [0.1, 0.15) is 5.75 Å². The van der Waals surface area contributed by atoms with Crippen molar-refractivity contribution in [1.29, 1.82) is 5.26 Å². The van der Waals surface area contributed by atoms with E-state index in [0.29, 0.717) is 22.3 Å². The second-order valence-corrected chi connectivity index (χ2v) is 5.06. The van der Waals surface area contributed by atoms with Gasteiger partial charge in [0.15, 0.2) is 5.15 Å². The van der Waals surface area contributed by atoms with Crippen LogP contribution < -0.4 is 4.74 Å². The quantitative estimate of drug-likeness (QED) is 0.837. The molecule has 0 aliphatic carbocycles. The first-order valence-electron chi connectivity index (χ1n) is 6.12. The maximum absolute atomic E-state index is 8.95. The SMILES string of the molecule is Cc1cc(C#N)cc(C)c1Oc1nnc(Cl)c(C)c1C. The number of rotatable bonds is 2. The molecule has 1 aromatic heterocycles. The van der Waals surface area contributed by atoms with Gasteiger partial charge in [-0.05, 0) is 56.5 Å². The van der Waals surface area contributed by atoms with E-state index in [1.54, 1.807) is 12.1 Å². The van der Waals surface area contributed by atoms with Crippen LogP contribution in [-0.4, -0.2) is 10.2 Å². The molecule has 4 nitrogen and oxygen atoms in total. The lowest BCUT2D eigenvalue weighted by Crippen LogP contribution is -2.00. The van der Waals surface area contributed by atoms with Crippen molar-refractivity contribution in [3.05, 3.63) is 45.1 Å². The van der Waals surface area contributed by atoms with E-state index in [4.69, 9.17) is 21.6 Å². The van der Waals surface area contributed by atoms with Crippen molar-refractivity contribution < 1.29 is 4.74 Å². The summed E-state index contributed by atoms with van der Waals surface area (Å²) in [6.07, 6.45) is 0. The summed E-state index contributed by atoms with van der Waals surface area (Å²) >= 11 is 5.93. The summed E-state index contributed by atoms with van der Waals surface area (Å²) in [5, 5.41) is 17.2. The number of ether oxygens (including phenoxy) is 1. The normalized spacial score (nSPS) is 10.2. The Morgan fingerprint density at radius 2 is 1.65 bits per heavy atom. The second kappa shape index (κ2) is 5.48. The maximum Gasteiger partial charge on any atom is 0.242 e. The van der Waals surface area contributed by atoms with Crippen molar-refractivity contribution in [2.45, 2.75) is 27.7 Å². The van der Waals surface area contributed by atoms with Gasteiger partial charge in [-0.1, -0.05) is 11.6 Å². The molecule has 102 valence electrons. The van der Waals surface area contributed by atoms with Crippen LogP contribution in [0.15, 0.2) is 12.1 Å². The molecule has 0 saturated carbocycles. The average molecular weight is 288 g/mol. The van der Waals surface area contributed by atoms with Crippen LogP contribution in [0, 0.1) is 39.0 Å². The van der Waals surface area contributed by atoms with Gasteiger partial charge in [-0.25, -0.2) is 0 Å². The van der Waals surface area contributed by atoms with Crippen molar-refractivity contribution in [3.63, 3.8) is 0 Å². The molecule has 0 N–H and O–H groups in total. The van der Waals surface area contributed by atoms with Crippen LogP contribution in [0.25, 0.3) is 0 Å². The Balaban J connectivity index is 2.46. The summed E-state index contributed by atoms with van der Waals surface area (Å²) < 4.78 is 5.86. The van der Waals surface area contributed by atoms with Crippen molar-refractivity contribution >= 4 is 11.6 Å². The smallest absolute Gasteiger partial charge is 0.242 e. The molecule has 5 heteroatoms. The minimum absolute atomic E-state index is 0.378. The van der Waals surface area contributed by atoms with Gasteiger partial charge in [0.05, 0.1) is 11.6 Å². The number of aryl methyl sites for hydroxylation is 2. The molecular formula is C15H14ClN3O. The van der Waals surface area contributed by atoms with Crippen molar-refractivity contribution in [1.82, 2.24) is 10.2 Å². The van der Waals surface area contributed by atoms with E-state index in [1.807, 2.05) is 27.7 Å². The predicted molar refractivity (Wildman–Crippen MR) is 77.2 cm³/mol. The first-order valence-corrected chi connectivity index (χ1v) is 6.50. The van der Waals surface area contributed by atoms with Crippen LogP contribution >= 0.6 is 11.6 Å². The van der Waals surface area contributed by atoms with Crippen molar-refractivity contribution in [3.8, 4) is 17.7 Å². The molecule has 0 aliphatic rings. The summed E-state index contributed by atoms with van der Waals surface area (Å²) in [6, 6.07) is 5.70. The van der Waals surface area contributed by atoms with Gasteiger partial charge in [-0.2, -0.15) is 5.26 Å². The molecule has 0 spiro atoms. The Morgan fingerprint density at radius 1 is 1.05 bits per heavy atom. The maximum atomic E-state index is 8.95. The van der Waals surface area contributed by atoms with E-state index >= 15 is 0 Å². The summed E-state index contributed by atoms with van der Waals surface area (Å²) in [4.78, 5) is 0. The molecule has 0 atom stereocenters. The van der Waals surface area contributed by atoms with E-state index < -0.39 is 0 Å². The van der Waals surface area contributed by atoms with Crippen molar-refractivity contribution in [2.75, 3.05) is 0 Å². The number of hydrogen-bond donors (Lipinski definition) is 0. The topological polar surface area (TPSA) is 58.8 Å². The standard InChI is InChI=1S/C15H14ClN3O/c1-8-5-12(7-17)6-9(2)13(8)20-15-11(4)10(3)14(16)18-19-15/h5-6H,1-4H3. The third kappa shape index (κ3) is 2.59. The van der Waals surface area contributed by atoms with E-state index in [9.17, 15) is 0 Å². The molecule has 2 aromatic rings. The average Bonchev–Trinajstić information content (AvgIpc) is 2.42. The van der Waals surface area contributed by atoms with Gasteiger partial charge in [0.2, 0.25) is 5.88 Å². The predicted octanol–water partition coefficient (Wildman–Crippen LogP) is 4.03. The molecule has 0 saturated heterocycles. The molecule has 0 radical (unpaired) electrons. The minimum atomic E-state index is 0.378. The van der Waals surface area contributed by atoms with Gasteiger partial charge in [0, 0.05) is 5.56 Å². The number of nitrogens with zero attached hydrogens (tertiary/aromatic N) is 3. The van der Waals surface area contributed by atoms with Gasteiger partial charge in [-0.15, -0.1) is 10.2 Å². The van der Waals surface area contributed by atoms with Crippen molar-refractivity contribution in [2.24, 2.45) is 0 Å². The highest BCUT2D eigenvalue weighted by molar-refractivity contribution is 6.30.